The number of amides is 1. The fourth-order valence-corrected chi connectivity index (χ4v) is 3.09. The molecule has 0 fully saturated rings. The lowest BCUT2D eigenvalue weighted by Gasteiger charge is -2.08. The standard InChI is InChI=1S/C16H20N2O4S/c1-2-11-17-23(20,21)15-8-5-13(6-9-15)18-16(19)10-7-14-4-3-12-22-14/h3-6,8-9,12,17H,2,7,10-11H2,1H3,(H,18,19). The number of benzene rings is 1. The van der Waals surface area contributed by atoms with Crippen molar-refractivity contribution >= 4 is 21.6 Å². The lowest BCUT2D eigenvalue weighted by molar-refractivity contribution is -0.116. The zero-order valence-corrected chi connectivity index (χ0v) is 13.7. The van der Waals surface area contributed by atoms with Crippen LogP contribution in [0.5, 0.6) is 0 Å². The Morgan fingerprint density at radius 2 is 1.91 bits per heavy atom. The van der Waals surface area contributed by atoms with Gasteiger partial charge in [-0.2, -0.15) is 0 Å². The van der Waals surface area contributed by atoms with E-state index in [-0.39, 0.29) is 10.8 Å². The number of carbonyl (C=O) groups is 1. The van der Waals surface area contributed by atoms with Crippen LogP contribution >= 0.6 is 0 Å². The number of hydrogen-bond donors (Lipinski definition) is 2. The molecule has 0 aliphatic rings. The largest absolute Gasteiger partial charge is 0.469 e. The third kappa shape index (κ3) is 5.22. The first kappa shape index (κ1) is 17.2. The van der Waals surface area contributed by atoms with Gasteiger partial charge < -0.3 is 9.73 Å². The van der Waals surface area contributed by atoms with E-state index in [1.807, 2.05) is 13.0 Å². The molecule has 0 unspecified atom stereocenters. The Labute approximate surface area is 135 Å². The summed E-state index contributed by atoms with van der Waals surface area (Å²) >= 11 is 0. The maximum atomic E-state index is 11.9. The minimum atomic E-state index is -3.48. The van der Waals surface area contributed by atoms with Gasteiger partial charge in [-0.1, -0.05) is 6.92 Å². The Morgan fingerprint density at radius 1 is 1.17 bits per heavy atom. The monoisotopic (exact) mass is 336 g/mol. The second-order valence-electron chi connectivity index (χ2n) is 5.05. The number of aryl methyl sites for hydroxylation is 1. The molecule has 2 rings (SSSR count). The second-order valence-corrected chi connectivity index (χ2v) is 6.82. The predicted octanol–water partition coefficient (Wildman–Crippen LogP) is 2.54. The molecule has 0 saturated carbocycles. The Hall–Kier alpha value is -2.12. The highest BCUT2D eigenvalue weighted by Gasteiger charge is 2.13. The number of hydrogen-bond acceptors (Lipinski definition) is 4. The van der Waals surface area contributed by atoms with E-state index < -0.39 is 10.0 Å². The molecule has 1 heterocycles. The molecule has 2 aromatic rings. The van der Waals surface area contributed by atoms with E-state index in [2.05, 4.69) is 10.0 Å². The molecule has 0 atom stereocenters. The molecule has 0 radical (unpaired) electrons. The highest BCUT2D eigenvalue weighted by Crippen LogP contribution is 2.14. The number of sulfonamides is 1. The number of furan rings is 1. The molecule has 0 bridgehead atoms. The van der Waals surface area contributed by atoms with Crippen molar-refractivity contribution in [3.8, 4) is 0 Å². The first-order valence-corrected chi connectivity index (χ1v) is 8.91. The second kappa shape index (κ2) is 7.94. The topological polar surface area (TPSA) is 88.4 Å². The SMILES string of the molecule is CCCNS(=O)(=O)c1ccc(NC(=O)CCc2ccco2)cc1. The minimum Gasteiger partial charge on any atom is -0.469 e. The first-order valence-electron chi connectivity index (χ1n) is 7.43. The predicted molar refractivity (Wildman–Crippen MR) is 87.6 cm³/mol. The van der Waals surface area contributed by atoms with Gasteiger partial charge in [0.2, 0.25) is 15.9 Å². The van der Waals surface area contributed by atoms with Crippen molar-refractivity contribution in [2.45, 2.75) is 31.1 Å². The summed E-state index contributed by atoms with van der Waals surface area (Å²) in [4.78, 5) is 12.0. The minimum absolute atomic E-state index is 0.152. The average Bonchev–Trinajstić information content (AvgIpc) is 3.05. The van der Waals surface area contributed by atoms with Gasteiger partial charge in [0.15, 0.2) is 0 Å². The Kier molecular flexibility index (Phi) is 5.95. The highest BCUT2D eigenvalue weighted by molar-refractivity contribution is 7.89. The summed E-state index contributed by atoms with van der Waals surface area (Å²) in [5, 5.41) is 2.73. The number of carbonyl (C=O) groups excluding carboxylic acids is 1. The molecule has 6 nitrogen and oxygen atoms in total. The van der Waals surface area contributed by atoms with Crippen LogP contribution in [0.3, 0.4) is 0 Å². The van der Waals surface area contributed by atoms with Crippen molar-refractivity contribution in [3.05, 3.63) is 48.4 Å². The Bertz CT molecular complexity index is 722. The van der Waals surface area contributed by atoms with Crippen molar-refractivity contribution in [3.63, 3.8) is 0 Å². The van der Waals surface area contributed by atoms with Crippen molar-refractivity contribution in [2.75, 3.05) is 11.9 Å². The van der Waals surface area contributed by atoms with Crippen LogP contribution < -0.4 is 10.0 Å². The highest BCUT2D eigenvalue weighted by atomic mass is 32.2. The smallest absolute Gasteiger partial charge is 0.240 e. The van der Waals surface area contributed by atoms with E-state index in [1.165, 1.54) is 12.1 Å². The summed E-state index contributed by atoms with van der Waals surface area (Å²) in [7, 11) is -3.48. The number of rotatable bonds is 8. The van der Waals surface area contributed by atoms with Crippen molar-refractivity contribution in [2.24, 2.45) is 0 Å². The molecular weight excluding hydrogens is 316 g/mol. The molecule has 1 aromatic carbocycles. The average molecular weight is 336 g/mol. The third-order valence-electron chi connectivity index (χ3n) is 3.17. The van der Waals surface area contributed by atoms with Crippen LogP contribution in [0.25, 0.3) is 0 Å². The van der Waals surface area contributed by atoms with Crippen LogP contribution in [-0.4, -0.2) is 20.9 Å². The summed E-state index contributed by atoms with van der Waals surface area (Å²) in [6.07, 6.45) is 3.11. The van der Waals surface area contributed by atoms with Crippen LogP contribution in [0.15, 0.2) is 52.0 Å². The van der Waals surface area contributed by atoms with E-state index in [0.29, 0.717) is 25.1 Å². The summed E-state index contributed by atoms with van der Waals surface area (Å²) in [5.74, 6) is 0.602. The molecule has 0 aliphatic heterocycles. The molecule has 7 heteroatoms. The zero-order chi connectivity index (χ0) is 16.7. The summed E-state index contributed by atoms with van der Waals surface area (Å²) in [5.41, 5.74) is 0.559. The first-order chi connectivity index (χ1) is 11.0. The van der Waals surface area contributed by atoms with Gasteiger partial charge in [0.25, 0.3) is 0 Å². The van der Waals surface area contributed by atoms with Gasteiger partial charge in [0, 0.05) is 25.1 Å². The van der Waals surface area contributed by atoms with E-state index in [4.69, 9.17) is 4.42 Å². The van der Waals surface area contributed by atoms with Crippen LogP contribution in [0, 0.1) is 0 Å². The van der Waals surface area contributed by atoms with E-state index in [0.717, 1.165) is 12.2 Å². The van der Waals surface area contributed by atoms with Crippen molar-refractivity contribution in [1.29, 1.82) is 0 Å². The molecule has 2 N–H and O–H groups in total. The van der Waals surface area contributed by atoms with Gasteiger partial charge in [-0.15, -0.1) is 0 Å². The van der Waals surface area contributed by atoms with E-state index in [1.54, 1.807) is 24.5 Å². The van der Waals surface area contributed by atoms with Crippen LogP contribution in [0.4, 0.5) is 5.69 Å². The molecule has 124 valence electrons. The van der Waals surface area contributed by atoms with Gasteiger partial charge in [-0.05, 0) is 42.8 Å². The van der Waals surface area contributed by atoms with E-state index >= 15 is 0 Å². The van der Waals surface area contributed by atoms with Crippen LogP contribution in [-0.2, 0) is 21.2 Å². The molecule has 1 amide bonds. The van der Waals surface area contributed by atoms with Crippen molar-refractivity contribution < 1.29 is 17.6 Å². The summed E-state index contributed by atoms with van der Waals surface area (Å²) < 4.78 is 31.6. The molecule has 23 heavy (non-hydrogen) atoms. The number of nitrogens with one attached hydrogen (secondary N) is 2. The zero-order valence-electron chi connectivity index (χ0n) is 12.9. The van der Waals surface area contributed by atoms with Gasteiger partial charge in [0.05, 0.1) is 11.2 Å². The fourth-order valence-electron chi connectivity index (χ4n) is 1.95. The maximum Gasteiger partial charge on any atom is 0.240 e. The van der Waals surface area contributed by atoms with Crippen LogP contribution in [0.2, 0.25) is 0 Å². The Morgan fingerprint density at radius 3 is 2.52 bits per heavy atom. The van der Waals surface area contributed by atoms with Gasteiger partial charge >= 0.3 is 0 Å². The molecule has 0 spiro atoms. The Balaban J connectivity index is 1.90. The molecule has 0 saturated heterocycles. The fraction of sp³-hybridized carbons (Fsp3) is 0.312. The molecule has 0 aliphatic carbocycles. The quantitative estimate of drug-likeness (QED) is 0.775. The lowest BCUT2D eigenvalue weighted by atomic mass is 10.2. The van der Waals surface area contributed by atoms with Crippen LogP contribution in [0.1, 0.15) is 25.5 Å². The van der Waals surface area contributed by atoms with Crippen molar-refractivity contribution in [1.82, 2.24) is 4.72 Å². The maximum absolute atomic E-state index is 11.9. The van der Waals surface area contributed by atoms with Gasteiger partial charge in [0.1, 0.15) is 5.76 Å². The molecular formula is C16H20N2O4S. The van der Waals surface area contributed by atoms with Gasteiger partial charge in [-0.3, -0.25) is 4.79 Å². The molecule has 1 aromatic heterocycles. The third-order valence-corrected chi connectivity index (χ3v) is 4.65. The summed E-state index contributed by atoms with van der Waals surface area (Å²) in [6.45, 7) is 2.29. The number of anilines is 1. The normalized spacial score (nSPS) is 11.3. The van der Waals surface area contributed by atoms with E-state index in [9.17, 15) is 13.2 Å². The lowest BCUT2D eigenvalue weighted by Crippen LogP contribution is -2.24. The van der Waals surface area contributed by atoms with Gasteiger partial charge in [-0.25, -0.2) is 13.1 Å². The summed E-state index contributed by atoms with van der Waals surface area (Å²) in [6, 6.07) is 9.69.